The largest absolute Gasteiger partial charge is 0.494 e. The molecule has 0 saturated heterocycles. The van der Waals surface area contributed by atoms with Gasteiger partial charge in [-0.25, -0.2) is 0 Å². The first-order valence-electron chi connectivity index (χ1n) is 43.2. The number of carbonyl (C=O) groups is 2. The van der Waals surface area contributed by atoms with Gasteiger partial charge in [-0.15, -0.1) is 0 Å². The van der Waals surface area contributed by atoms with Crippen molar-refractivity contribution in [3.05, 3.63) is 185 Å². The molecule has 5 aliphatic carbocycles. The first kappa shape index (κ1) is 87.2. The van der Waals surface area contributed by atoms with Gasteiger partial charge in [0.15, 0.2) is 0 Å². The Labute approximate surface area is 654 Å². The molecule has 9 nitrogen and oxygen atoms in total. The van der Waals surface area contributed by atoms with Crippen molar-refractivity contribution in [2.75, 3.05) is 6.61 Å². The number of nitriles is 4. The van der Waals surface area contributed by atoms with Gasteiger partial charge in [-0.1, -0.05) is 224 Å². The first-order chi connectivity index (χ1) is 52.9. The third-order valence-corrected chi connectivity index (χ3v) is 24.2. The van der Waals surface area contributed by atoms with Crippen molar-refractivity contribution in [1.29, 1.82) is 21.0 Å². The van der Waals surface area contributed by atoms with Crippen LogP contribution in [0.15, 0.2) is 146 Å². The van der Waals surface area contributed by atoms with Crippen LogP contribution in [0, 0.1) is 86.7 Å². The molecule has 108 heavy (non-hydrogen) atoms. The van der Waals surface area contributed by atoms with Crippen molar-refractivity contribution in [3.63, 3.8) is 0 Å². The fourth-order valence-electron chi connectivity index (χ4n) is 17.1. The number of nitrogens with zero attached hydrogens (tertiary/aromatic N) is 4. The van der Waals surface area contributed by atoms with E-state index in [1.54, 1.807) is 12.1 Å². The molecule has 0 unspecified atom stereocenters. The first-order valence-corrected chi connectivity index (χ1v) is 43.2. The van der Waals surface area contributed by atoms with Crippen molar-refractivity contribution in [2.24, 2.45) is 41.4 Å². The lowest BCUT2D eigenvalue weighted by atomic mass is 9.77. The van der Waals surface area contributed by atoms with Crippen LogP contribution in [0.3, 0.4) is 0 Å². The van der Waals surface area contributed by atoms with E-state index in [1.807, 2.05) is 97.1 Å². The molecule has 580 valence electrons. The number of hydrogen-bond acceptors (Lipinski definition) is 9. The molecule has 11 rings (SSSR count). The molecule has 0 aromatic heterocycles. The van der Waals surface area contributed by atoms with Gasteiger partial charge < -0.3 is 14.2 Å². The average molecular weight is 1460 g/mol. The molecule has 6 aromatic rings. The van der Waals surface area contributed by atoms with E-state index < -0.39 is 0 Å². The van der Waals surface area contributed by atoms with Crippen LogP contribution < -0.4 is 14.2 Å². The normalized spacial score (nSPS) is 21.5. The molecule has 0 atom stereocenters. The molecule has 6 aromatic carbocycles. The van der Waals surface area contributed by atoms with Crippen molar-refractivity contribution in [3.8, 4) is 52.7 Å². The second-order valence-electron chi connectivity index (χ2n) is 32.3. The van der Waals surface area contributed by atoms with Gasteiger partial charge in [-0.05, 0) is 295 Å². The Hall–Kier alpha value is -7.98. The van der Waals surface area contributed by atoms with E-state index >= 15 is 0 Å². The minimum atomic E-state index is -0.0879. The highest BCUT2D eigenvalue weighted by molar-refractivity contribution is 5.76. The van der Waals surface area contributed by atoms with E-state index in [-0.39, 0.29) is 23.8 Å². The maximum Gasteiger partial charge on any atom is 0.314 e. The second kappa shape index (κ2) is 51.4. The van der Waals surface area contributed by atoms with Crippen LogP contribution in [0.2, 0.25) is 0 Å². The second-order valence-corrected chi connectivity index (χ2v) is 32.3. The summed E-state index contributed by atoms with van der Waals surface area (Å²) in [6.45, 7) is 14.2. The quantitative estimate of drug-likeness (QED) is 0.0243. The minimum absolute atomic E-state index is 0.0427. The Morgan fingerprint density at radius 2 is 0.556 bits per heavy atom. The molecule has 0 N–H and O–H groups in total. The zero-order valence-corrected chi connectivity index (χ0v) is 67.5. The highest BCUT2D eigenvalue weighted by Crippen LogP contribution is 2.42. The van der Waals surface area contributed by atoms with Crippen LogP contribution in [0.4, 0.5) is 0 Å². The highest BCUT2D eigenvalue weighted by Gasteiger charge is 2.30. The van der Waals surface area contributed by atoms with E-state index in [0.29, 0.717) is 17.1 Å². The molecule has 0 heterocycles. The van der Waals surface area contributed by atoms with Gasteiger partial charge in [0.2, 0.25) is 0 Å². The molecule has 0 spiro atoms. The fourth-order valence-corrected chi connectivity index (χ4v) is 17.1. The molecule has 0 radical (unpaired) electrons. The summed E-state index contributed by atoms with van der Waals surface area (Å²) in [5.41, 5.74) is 9.35. The lowest BCUT2D eigenvalue weighted by molar-refractivity contribution is -0.141. The van der Waals surface area contributed by atoms with Crippen LogP contribution in [-0.2, 0) is 9.59 Å². The van der Waals surface area contributed by atoms with E-state index in [9.17, 15) is 9.59 Å². The number of rotatable bonds is 30. The summed E-state index contributed by atoms with van der Waals surface area (Å²) in [5, 5.41) is 35.3. The van der Waals surface area contributed by atoms with Crippen molar-refractivity contribution < 1.29 is 23.8 Å². The summed E-state index contributed by atoms with van der Waals surface area (Å²) < 4.78 is 16.8. The van der Waals surface area contributed by atoms with E-state index in [4.69, 9.17) is 35.3 Å². The summed E-state index contributed by atoms with van der Waals surface area (Å²) >= 11 is 0. The maximum atomic E-state index is 12.5. The summed E-state index contributed by atoms with van der Waals surface area (Å²) in [6.07, 6.45) is 51.6. The Morgan fingerprint density at radius 1 is 0.287 bits per heavy atom. The molecular formula is C99H134N4O5. The molecule has 9 heteroatoms. The average Bonchev–Trinajstić information content (AvgIpc) is 0.867. The summed E-state index contributed by atoms with van der Waals surface area (Å²) in [5.74, 6) is 8.73. The molecule has 5 aliphatic rings. The standard InChI is InChI=1S/C24H27NO2.C21H32O3.C20H29N.C18H25N.C16H21N/c1-2-3-4-18-5-11-22(12-6-18)24(26)27-23-15-13-21(14-16-23)20-9-7-19(17-25)8-10-20;1-3-5-7-17-8-10-18(11-9-17)21(22)24-20-14-12-19(13-15-20)23-16-6-4-2;1-2-3-4-5-6-7-17-8-12-19(13-9-17)20-14-10-18(16-21)11-15-20;1-2-3-4-5-15-6-10-17(11-7-15)18-12-8-16(14-19)9-13-18;1-2-3-13-4-8-15(9-5-13)16-10-6-14(12-17)7-11-16/h7-10,13-16,18,22H,2-6,11-12H2,1H3;12-15,17-18H,3-11,16H2,1-2H3;10-11,14-15,17,19H,2-9,12-13H2,1H3;8-9,12-13,15,17H,2-7,10-11H2,1H3;6-7,10-11,13,15H,2-5,8-9H2,1H3. The minimum Gasteiger partial charge on any atom is -0.494 e. The van der Waals surface area contributed by atoms with E-state index in [0.717, 1.165) is 139 Å². The third-order valence-electron chi connectivity index (χ3n) is 24.2. The van der Waals surface area contributed by atoms with Crippen LogP contribution >= 0.6 is 0 Å². The van der Waals surface area contributed by atoms with Gasteiger partial charge in [-0.2, -0.15) is 21.0 Å². The molecule has 5 saturated carbocycles. The zero-order chi connectivity index (χ0) is 76.8. The highest BCUT2D eigenvalue weighted by atomic mass is 16.5. The maximum absolute atomic E-state index is 12.5. The van der Waals surface area contributed by atoms with Gasteiger partial charge in [0.05, 0.1) is 65.0 Å². The van der Waals surface area contributed by atoms with Crippen LogP contribution in [0.1, 0.15) is 355 Å². The lowest BCUT2D eigenvalue weighted by Gasteiger charge is -2.29. The van der Waals surface area contributed by atoms with Crippen molar-refractivity contribution >= 4 is 11.9 Å². The zero-order valence-electron chi connectivity index (χ0n) is 67.5. The SMILES string of the molecule is CCCC1CCC(c2ccc(C#N)cc2)CC1.CCCCC1CCC(C(=O)Oc2ccc(-c3ccc(C#N)cc3)cc2)CC1.CCCCCC1CCC(c2ccc(C#N)cc2)CC1.CCCCCCCC1CCC(c2ccc(C#N)cc2)CC1.CCCCOc1ccc(OC(=O)C2CCC(CCCC)CC2)cc1. The van der Waals surface area contributed by atoms with Gasteiger partial charge in [0.1, 0.15) is 17.2 Å². The predicted molar refractivity (Wildman–Crippen MR) is 445 cm³/mol. The summed E-state index contributed by atoms with van der Waals surface area (Å²) in [7, 11) is 0. The molecule has 0 bridgehead atoms. The summed E-state index contributed by atoms with van der Waals surface area (Å²) in [4.78, 5) is 24.8. The fraction of sp³-hybridized carbons (Fsp3) is 0.576. The molecule has 0 aliphatic heterocycles. The van der Waals surface area contributed by atoms with Gasteiger partial charge in [-0.3, -0.25) is 9.59 Å². The van der Waals surface area contributed by atoms with Crippen molar-refractivity contribution in [1.82, 2.24) is 0 Å². The lowest BCUT2D eigenvalue weighted by Crippen LogP contribution is -2.25. The smallest absolute Gasteiger partial charge is 0.314 e. The van der Waals surface area contributed by atoms with Gasteiger partial charge in [0, 0.05) is 0 Å². The Kier molecular flexibility index (Phi) is 41.5. The van der Waals surface area contributed by atoms with Crippen molar-refractivity contribution in [2.45, 2.75) is 316 Å². The van der Waals surface area contributed by atoms with Gasteiger partial charge >= 0.3 is 11.9 Å². The predicted octanol–water partition coefficient (Wildman–Crippen LogP) is 28.1. The third kappa shape index (κ3) is 31.9. The van der Waals surface area contributed by atoms with Gasteiger partial charge in [0.25, 0.3) is 0 Å². The number of ether oxygens (including phenoxy) is 3. The topological polar surface area (TPSA) is 157 Å². The molecule has 0 amide bonds. The summed E-state index contributed by atoms with van der Waals surface area (Å²) in [6, 6.07) is 55.8. The molecular weight excluding hydrogens is 1330 g/mol. The molecule has 5 fully saturated rings. The monoisotopic (exact) mass is 1460 g/mol. The number of esters is 2. The van der Waals surface area contributed by atoms with E-state index in [2.05, 4.69) is 102 Å². The number of benzene rings is 6. The number of unbranched alkanes of at least 4 members (excludes halogenated alkanes) is 9. The van der Waals surface area contributed by atoms with Crippen LogP contribution in [-0.4, -0.2) is 18.5 Å². The van der Waals surface area contributed by atoms with Crippen LogP contribution in [0.25, 0.3) is 11.1 Å². The number of carbonyl (C=O) groups excluding carboxylic acids is 2. The van der Waals surface area contributed by atoms with E-state index in [1.165, 1.54) is 222 Å². The number of hydrogen-bond donors (Lipinski definition) is 0. The Balaban J connectivity index is 0.000000190. The Morgan fingerprint density at radius 3 is 0.889 bits per heavy atom. The van der Waals surface area contributed by atoms with Crippen LogP contribution in [0.5, 0.6) is 17.2 Å². The Bertz CT molecular complexity index is 3570.